The van der Waals surface area contributed by atoms with Crippen LogP contribution in [0.5, 0.6) is 5.75 Å². The van der Waals surface area contributed by atoms with Gasteiger partial charge < -0.3 is 14.8 Å². The Bertz CT molecular complexity index is 658. The van der Waals surface area contributed by atoms with Gasteiger partial charge in [0.1, 0.15) is 5.75 Å². The van der Waals surface area contributed by atoms with Crippen molar-refractivity contribution in [2.45, 2.75) is 25.2 Å². The third-order valence-corrected chi connectivity index (χ3v) is 4.93. The summed E-state index contributed by atoms with van der Waals surface area (Å²) in [6.07, 6.45) is 2.06. The SMILES string of the molecule is Brc1ccc(N[C@@H]2c3ccccc3O[C@@H]3OCCC[C@@H]32)cc1. The molecule has 1 saturated heterocycles. The molecule has 3 atom stereocenters. The molecule has 2 aromatic carbocycles. The molecule has 2 heterocycles. The molecule has 0 aliphatic carbocycles. The lowest BCUT2D eigenvalue weighted by Gasteiger charge is -2.42. The highest BCUT2D eigenvalue weighted by atomic mass is 79.9. The zero-order chi connectivity index (χ0) is 14.9. The Morgan fingerprint density at radius 3 is 2.73 bits per heavy atom. The smallest absolute Gasteiger partial charge is 0.204 e. The fraction of sp³-hybridized carbons (Fsp3) is 0.333. The maximum Gasteiger partial charge on any atom is 0.204 e. The number of nitrogens with one attached hydrogen (secondary N) is 1. The van der Waals surface area contributed by atoms with Crippen LogP contribution in [0.25, 0.3) is 0 Å². The summed E-state index contributed by atoms with van der Waals surface area (Å²) in [4.78, 5) is 0. The number of benzene rings is 2. The molecule has 4 rings (SSSR count). The van der Waals surface area contributed by atoms with Crippen LogP contribution in [-0.2, 0) is 4.74 Å². The standard InChI is InChI=1S/C18H18BrNO2/c19-12-7-9-13(10-8-12)20-17-14-4-1-2-6-16(14)22-18-15(17)5-3-11-21-18/h1-2,4,6-10,15,17-18,20H,3,5,11H2/t15-,17-,18+/m1/s1. The van der Waals surface area contributed by atoms with Crippen molar-refractivity contribution in [3.8, 4) is 5.75 Å². The quantitative estimate of drug-likeness (QED) is 0.839. The van der Waals surface area contributed by atoms with Gasteiger partial charge in [0.05, 0.1) is 12.6 Å². The molecule has 0 aromatic heterocycles. The maximum atomic E-state index is 6.05. The van der Waals surface area contributed by atoms with Gasteiger partial charge in [0.15, 0.2) is 0 Å². The molecule has 2 aliphatic heterocycles. The van der Waals surface area contributed by atoms with Gasteiger partial charge in [0, 0.05) is 21.6 Å². The van der Waals surface area contributed by atoms with Crippen LogP contribution in [0.4, 0.5) is 5.69 Å². The summed E-state index contributed by atoms with van der Waals surface area (Å²) in [5, 5.41) is 3.68. The van der Waals surface area contributed by atoms with Crippen molar-refractivity contribution in [2.24, 2.45) is 5.92 Å². The summed E-state index contributed by atoms with van der Waals surface area (Å²) in [7, 11) is 0. The molecule has 1 fully saturated rings. The Balaban J connectivity index is 1.69. The lowest BCUT2D eigenvalue weighted by atomic mass is 9.85. The van der Waals surface area contributed by atoms with Crippen molar-refractivity contribution in [3.63, 3.8) is 0 Å². The number of hydrogen-bond donors (Lipinski definition) is 1. The number of hydrogen-bond acceptors (Lipinski definition) is 3. The normalized spacial score (nSPS) is 26.5. The van der Waals surface area contributed by atoms with Crippen molar-refractivity contribution >= 4 is 21.6 Å². The Hall–Kier alpha value is -1.52. The van der Waals surface area contributed by atoms with Crippen LogP contribution in [0.1, 0.15) is 24.4 Å². The van der Waals surface area contributed by atoms with Crippen molar-refractivity contribution in [2.75, 3.05) is 11.9 Å². The predicted molar refractivity (Wildman–Crippen MR) is 90.0 cm³/mol. The zero-order valence-corrected chi connectivity index (χ0v) is 13.8. The average Bonchev–Trinajstić information content (AvgIpc) is 2.56. The summed E-state index contributed by atoms with van der Waals surface area (Å²) < 4.78 is 13.0. The van der Waals surface area contributed by atoms with Crippen LogP contribution in [0.2, 0.25) is 0 Å². The number of halogens is 1. The first-order chi connectivity index (χ1) is 10.8. The number of anilines is 1. The van der Waals surface area contributed by atoms with Gasteiger partial charge in [-0.05, 0) is 43.2 Å². The van der Waals surface area contributed by atoms with Crippen LogP contribution < -0.4 is 10.1 Å². The van der Waals surface area contributed by atoms with E-state index >= 15 is 0 Å². The molecule has 0 unspecified atom stereocenters. The Morgan fingerprint density at radius 1 is 1.05 bits per heavy atom. The summed E-state index contributed by atoms with van der Waals surface area (Å²) in [5.41, 5.74) is 2.34. The minimum atomic E-state index is -0.142. The zero-order valence-electron chi connectivity index (χ0n) is 12.2. The Morgan fingerprint density at radius 2 is 1.86 bits per heavy atom. The second kappa shape index (κ2) is 5.94. The minimum Gasteiger partial charge on any atom is -0.464 e. The first kappa shape index (κ1) is 14.1. The van der Waals surface area contributed by atoms with E-state index in [2.05, 4.69) is 57.6 Å². The average molecular weight is 360 g/mol. The van der Waals surface area contributed by atoms with Crippen molar-refractivity contribution in [1.82, 2.24) is 0 Å². The Labute approximate surface area is 138 Å². The van der Waals surface area contributed by atoms with Crippen molar-refractivity contribution < 1.29 is 9.47 Å². The van der Waals surface area contributed by atoms with E-state index in [1.165, 1.54) is 5.56 Å². The molecule has 114 valence electrons. The second-order valence-electron chi connectivity index (χ2n) is 5.83. The van der Waals surface area contributed by atoms with E-state index in [1.807, 2.05) is 12.1 Å². The van der Waals surface area contributed by atoms with E-state index in [9.17, 15) is 0 Å². The highest BCUT2D eigenvalue weighted by Crippen LogP contribution is 2.44. The van der Waals surface area contributed by atoms with Gasteiger partial charge in [-0.1, -0.05) is 34.1 Å². The van der Waals surface area contributed by atoms with Crippen molar-refractivity contribution in [1.29, 1.82) is 0 Å². The van der Waals surface area contributed by atoms with E-state index in [0.29, 0.717) is 5.92 Å². The minimum absolute atomic E-state index is 0.142. The van der Waals surface area contributed by atoms with Gasteiger partial charge >= 0.3 is 0 Å². The van der Waals surface area contributed by atoms with Gasteiger partial charge in [-0.25, -0.2) is 0 Å². The number of rotatable bonds is 2. The summed E-state index contributed by atoms with van der Waals surface area (Å²) in [6.45, 7) is 0.786. The lowest BCUT2D eigenvalue weighted by Crippen LogP contribution is -2.43. The molecule has 4 heteroatoms. The van der Waals surface area contributed by atoms with Crippen LogP contribution in [-0.4, -0.2) is 12.9 Å². The van der Waals surface area contributed by atoms with Crippen LogP contribution in [0.3, 0.4) is 0 Å². The fourth-order valence-corrected chi connectivity index (χ4v) is 3.60. The topological polar surface area (TPSA) is 30.5 Å². The van der Waals surface area contributed by atoms with Gasteiger partial charge in [-0.2, -0.15) is 0 Å². The molecule has 2 aliphatic rings. The van der Waals surface area contributed by atoms with E-state index in [4.69, 9.17) is 9.47 Å². The van der Waals surface area contributed by atoms with Crippen LogP contribution in [0.15, 0.2) is 53.0 Å². The van der Waals surface area contributed by atoms with E-state index in [-0.39, 0.29) is 12.3 Å². The largest absolute Gasteiger partial charge is 0.464 e. The molecular formula is C18H18BrNO2. The van der Waals surface area contributed by atoms with E-state index in [1.54, 1.807) is 0 Å². The number of ether oxygens (including phenoxy) is 2. The lowest BCUT2D eigenvalue weighted by molar-refractivity contribution is -0.154. The first-order valence-corrected chi connectivity index (χ1v) is 8.50. The third kappa shape index (κ3) is 2.61. The van der Waals surface area contributed by atoms with E-state index < -0.39 is 0 Å². The molecule has 0 saturated carbocycles. The monoisotopic (exact) mass is 359 g/mol. The van der Waals surface area contributed by atoms with Gasteiger partial charge in [0.2, 0.25) is 6.29 Å². The van der Waals surface area contributed by atoms with Crippen LogP contribution >= 0.6 is 15.9 Å². The predicted octanol–water partition coefficient (Wildman–Crippen LogP) is 4.75. The highest BCUT2D eigenvalue weighted by molar-refractivity contribution is 9.10. The molecule has 2 aromatic rings. The van der Waals surface area contributed by atoms with Gasteiger partial charge in [-0.15, -0.1) is 0 Å². The second-order valence-corrected chi connectivity index (χ2v) is 6.75. The third-order valence-electron chi connectivity index (χ3n) is 4.41. The highest BCUT2D eigenvalue weighted by Gasteiger charge is 2.40. The molecule has 3 nitrogen and oxygen atoms in total. The molecule has 1 N–H and O–H groups in total. The molecular weight excluding hydrogens is 342 g/mol. The summed E-state index contributed by atoms with van der Waals surface area (Å²) >= 11 is 3.48. The molecule has 0 amide bonds. The molecule has 22 heavy (non-hydrogen) atoms. The molecule has 0 spiro atoms. The van der Waals surface area contributed by atoms with E-state index in [0.717, 1.165) is 35.4 Å². The van der Waals surface area contributed by atoms with Crippen molar-refractivity contribution in [3.05, 3.63) is 58.6 Å². The Kier molecular flexibility index (Phi) is 3.80. The van der Waals surface area contributed by atoms with Crippen LogP contribution in [0, 0.1) is 5.92 Å². The summed E-state index contributed by atoms with van der Waals surface area (Å²) in [6, 6.07) is 16.8. The summed E-state index contributed by atoms with van der Waals surface area (Å²) in [5.74, 6) is 1.27. The number of para-hydroxylation sites is 1. The number of fused-ring (bicyclic) bond motifs is 2. The van der Waals surface area contributed by atoms with Gasteiger partial charge in [-0.3, -0.25) is 0 Å². The fourth-order valence-electron chi connectivity index (χ4n) is 3.33. The maximum absolute atomic E-state index is 6.05. The molecule has 0 radical (unpaired) electrons. The first-order valence-electron chi connectivity index (χ1n) is 7.70. The van der Waals surface area contributed by atoms with Gasteiger partial charge in [0.25, 0.3) is 0 Å². The molecule has 0 bridgehead atoms.